The third kappa shape index (κ3) is 8.03. The minimum Gasteiger partial charge on any atom is -0.550 e. The fraction of sp³-hybridized carbons (Fsp3) is 0.333. The van der Waals surface area contributed by atoms with Gasteiger partial charge in [0.1, 0.15) is 5.82 Å². The Morgan fingerprint density at radius 1 is 0.895 bits per heavy atom. The molecule has 3 aromatic rings. The molecule has 1 heterocycles. The normalized spacial score (nSPS) is 13.6. The zero-order chi connectivity index (χ0) is 27.5. The number of halogens is 7. The first-order chi connectivity index (χ1) is 17.2. The molecule has 0 unspecified atom stereocenters. The maximum absolute atomic E-state index is 14.0. The van der Waals surface area contributed by atoms with E-state index >= 15 is 0 Å². The largest absolute Gasteiger partial charge is 1.00 e. The van der Waals surface area contributed by atoms with Crippen molar-refractivity contribution in [2.24, 2.45) is 0 Å². The van der Waals surface area contributed by atoms with E-state index in [1.165, 1.54) is 12.1 Å². The summed E-state index contributed by atoms with van der Waals surface area (Å²) in [5.41, 5.74) is -1.53. The molecule has 3 rings (SSSR count). The van der Waals surface area contributed by atoms with Crippen molar-refractivity contribution in [2.45, 2.75) is 50.4 Å². The van der Waals surface area contributed by atoms with Crippen LogP contribution in [0.4, 0.5) is 30.7 Å². The number of carbonyl (C=O) groups is 1. The number of nitrogens with zero attached hydrogens (tertiary/aromatic N) is 2. The zero-order valence-corrected chi connectivity index (χ0v) is 21.9. The van der Waals surface area contributed by atoms with Crippen LogP contribution in [-0.4, -0.2) is 37.9 Å². The molecule has 2 N–H and O–H groups in total. The predicted molar refractivity (Wildman–Crippen MR) is 114 cm³/mol. The van der Waals surface area contributed by atoms with Crippen LogP contribution in [0.15, 0.2) is 48.5 Å². The van der Waals surface area contributed by atoms with Gasteiger partial charge in [0.05, 0.1) is 29.2 Å². The van der Waals surface area contributed by atoms with Crippen molar-refractivity contribution in [2.75, 3.05) is 0 Å². The first-order valence-electron chi connectivity index (χ1n) is 10.8. The molecule has 0 aliphatic rings. The summed E-state index contributed by atoms with van der Waals surface area (Å²) in [5, 5.41) is 30.4. The second-order valence-electron chi connectivity index (χ2n) is 8.27. The number of hydrogen-bond donors (Lipinski definition) is 2. The summed E-state index contributed by atoms with van der Waals surface area (Å²) in [6.45, 7) is -0.543. The molecule has 2 aromatic carbocycles. The molecule has 38 heavy (non-hydrogen) atoms. The van der Waals surface area contributed by atoms with Crippen LogP contribution in [-0.2, 0) is 23.7 Å². The molecule has 1 aromatic heterocycles. The molecule has 200 valence electrons. The topological polar surface area (TPSA) is 98.4 Å². The summed E-state index contributed by atoms with van der Waals surface area (Å²) in [6.07, 6.45) is -14.3. The van der Waals surface area contributed by atoms with E-state index in [9.17, 15) is 50.8 Å². The van der Waals surface area contributed by atoms with Crippen molar-refractivity contribution in [3.05, 3.63) is 65.7 Å². The molecule has 0 fully saturated rings. The van der Waals surface area contributed by atoms with Gasteiger partial charge in [-0.05, 0) is 49.2 Å². The molecular formula is C24H20F7N2NaO4. The SMILES string of the molecule is O=C([O-])C[C@H](O)C[C@H](O)CCn1c(C(F)(F)F)nc(-c2ccc(F)cc2)c1-c1ccc(C(F)(F)F)cc1.[Na+]. The molecule has 0 spiro atoms. The van der Waals surface area contributed by atoms with E-state index in [2.05, 4.69) is 4.98 Å². The number of aliphatic carboxylic acids is 1. The van der Waals surface area contributed by atoms with Crippen molar-refractivity contribution in [1.82, 2.24) is 9.55 Å². The fourth-order valence-corrected chi connectivity index (χ4v) is 3.79. The molecule has 2 atom stereocenters. The van der Waals surface area contributed by atoms with E-state index in [1.807, 2.05) is 0 Å². The third-order valence-corrected chi connectivity index (χ3v) is 5.46. The van der Waals surface area contributed by atoms with Gasteiger partial charge in [-0.15, -0.1) is 0 Å². The summed E-state index contributed by atoms with van der Waals surface area (Å²) in [6, 6.07) is 7.65. The maximum atomic E-state index is 14.0. The van der Waals surface area contributed by atoms with Crippen LogP contribution in [0, 0.1) is 5.82 Å². The van der Waals surface area contributed by atoms with Crippen LogP contribution in [0.3, 0.4) is 0 Å². The van der Waals surface area contributed by atoms with Crippen LogP contribution in [0.25, 0.3) is 22.5 Å². The molecule has 6 nitrogen and oxygen atoms in total. The average molecular weight is 556 g/mol. The molecular weight excluding hydrogens is 536 g/mol. The van der Waals surface area contributed by atoms with Crippen molar-refractivity contribution in [1.29, 1.82) is 0 Å². The second-order valence-corrected chi connectivity index (χ2v) is 8.27. The Morgan fingerprint density at radius 3 is 1.95 bits per heavy atom. The number of carboxylic acids is 1. The number of rotatable bonds is 9. The Kier molecular flexibility index (Phi) is 10.5. The number of carbonyl (C=O) groups excluding carboxylic acids is 1. The quantitative estimate of drug-likeness (QED) is 0.303. The van der Waals surface area contributed by atoms with E-state index in [-0.39, 0.29) is 58.5 Å². The van der Waals surface area contributed by atoms with Gasteiger partial charge in [-0.2, -0.15) is 26.3 Å². The first-order valence-corrected chi connectivity index (χ1v) is 10.8. The molecule has 0 saturated heterocycles. The Bertz CT molecular complexity index is 1230. The minimum atomic E-state index is -5.02. The molecule has 0 radical (unpaired) electrons. The van der Waals surface area contributed by atoms with Gasteiger partial charge in [0, 0.05) is 30.1 Å². The number of carboxylic acid groups (broad SMARTS) is 1. The Labute approximate surface area is 234 Å². The predicted octanol–water partition coefficient (Wildman–Crippen LogP) is 1.04. The minimum absolute atomic E-state index is 0. The van der Waals surface area contributed by atoms with Crippen LogP contribution >= 0.6 is 0 Å². The van der Waals surface area contributed by atoms with Gasteiger partial charge in [0.15, 0.2) is 0 Å². The number of imidazole rings is 1. The van der Waals surface area contributed by atoms with E-state index < -0.39 is 67.1 Å². The smallest absolute Gasteiger partial charge is 0.550 e. The van der Waals surface area contributed by atoms with E-state index in [0.29, 0.717) is 16.7 Å². The molecule has 14 heteroatoms. The monoisotopic (exact) mass is 556 g/mol. The molecule has 0 amide bonds. The zero-order valence-electron chi connectivity index (χ0n) is 19.9. The van der Waals surface area contributed by atoms with Gasteiger partial charge in [0.25, 0.3) is 0 Å². The molecule has 0 bridgehead atoms. The van der Waals surface area contributed by atoms with Crippen molar-refractivity contribution < 1.29 is 80.4 Å². The average Bonchev–Trinajstić information content (AvgIpc) is 3.17. The molecule has 0 aliphatic carbocycles. The summed E-state index contributed by atoms with van der Waals surface area (Å²) in [5.74, 6) is -3.67. The molecule has 0 saturated carbocycles. The van der Waals surface area contributed by atoms with Crippen LogP contribution in [0.1, 0.15) is 30.7 Å². The number of alkyl halides is 6. The Balaban J connectivity index is 0.00000507. The van der Waals surface area contributed by atoms with Gasteiger partial charge in [0.2, 0.25) is 5.82 Å². The Morgan fingerprint density at radius 2 is 1.45 bits per heavy atom. The van der Waals surface area contributed by atoms with Crippen molar-refractivity contribution in [3.8, 4) is 22.5 Å². The number of benzene rings is 2. The number of aliphatic hydroxyl groups excluding tert-OH is 2. The summed E-state index contributed by atoms with van der Waals surface area (Å²) in [4.78, 5) is 14.3. The van der Waals surface area contributed by atoms with Gasteiger partial charge in [-0.25, -0.2) is 9.37 Å². The number of hydrogen-bond acceptors (Lipinski definition) is 5. The van der Waals surface area contributed by atoms with E-state index in [1.54, 1.807) is 0 Å². The van der Waals surface area contributed by atoms with Crippen molar-refractivity contribution in [3.63, 3.8) is 0 Å². The van der Waals surface area contributed by atoms with Crippen LogP contribution < -0.4 is 34.7 Å². The summed E-state index contributed by atoms with van der Waals surface area (Å²) in [7, 11) is 0. The fourth-order valence-electron chi connectivity index (χ4n) is 3.79. The summed E-state index contributed by atoms with van der Waals surface area (Å²) >= 11 is 0. The number of aliphatic hydroxyl groups is 2. The van der Waals surface area contributed by atoms with Crippen LogP contribution in [0.5, 0.6) is 0 Å². The van der Waals surface area contributed by atoms with E-state index in [4.69, 9.17) is 0 Å². The van der Waals surface area contributed by atoms with Gasteiger partial charge >= 0.3 is 41.9 Å². The maximum Gasteiger partial charge on any atom is 1.00 e. The standard InChI is InChI=1S/C24H21F7N2O4.Na/c25-16-7-3-13(4-8-16)20-21(14-1-5-15(6-2-14)23(26,27)28)33(22(32-20)24(29,30)31)10-9-17(34)11-18(35)12-19(36)37;/h1-8,17-18,34-35H,9-12H2,(H,36,37);/q;+1/p-1/t17-,18-;/m1./s1. The van der Waals surface area contributed by atoms with Crippen LogP contribution in [0.2, 0.25) is 0 Å². The first kappa shape index (κ1) is 31.8. The van der Waals surface area contributed by atoms with Crippen molar-refractivity contribution >= 4 is 5.97 Å². The second kappa shape index (κ2) is 12.6. The number of aromatic nitrogens is 2. The molecule has 0 aliphatic heterocycles. The Hall–Kier alpha value is -2.45. The summed E-state index contributed by atoms with van der Waals surface area (Å²) < 4.78 is 95.2. The van der Waals surface area contributed by atoms with Gasteiger partial charge in [-0.1, -0.05) is 12.1 Å². The third-order valence-electron chi connectivity index (χ3n) is 5.46. The van der Waals surface area contributed by atoms with E-state index in [0.717, 1.165) is 24.3 Å². The van der Waals surface area contributed by atoms with Gasteiger partial charge in [-0.3, -0.25) is 0 Å². The van der Waals surface area contributed by atoms with Gasteiger partial charge < -0.3 is 24.7 Å².